The van der Waals surface area contributed by atoms with E-state index in [4.69, 9.17) is 9.57 Å². The van der Waals surface area contributed by atoms with Gasteiger partial charge in [-0.15, -0.1) is 0 Å². The number of fused-ring (bicyclic) bond motifs is 1. The standard InChI is InChI=1S/C23H24N2O6/c1-23(2,3)30-22(29)24(4)14-13-15-9-5-6-10-16(15)21(28)31-25-19(26)17-11-7-8-12-18(17)20(25)27/h5-12H,13-14H2,1-4H3. The molecule has 0 saturated heterocycles. The topological polar surface area (TPSA) is 93.2 Å². The van der Waals surface area contributed by atoms with Gasteiger partial charge in [0.05, 0.1) is 16.7 Å². The van der Waals surface area contributed by atoms with E-state index in [1.54, 1.807) is 64.2 Å². The summed E-state index contributed by atoms with van der Waals surface area (Å²) in [5, 5.41) is 0.483. The minimum absolute atomic E-state index is 0.188. The normalized spacial score (nSPS) is 13.1. The number of imide groups is 1. The number of rotatable bonds is 5. The Kier molecular flexibility index (Phi) is 6.10. The summed E-state index contributed by atoms with van der Waals surface area (Å²) in [6.07, 6.45) is -0.123. The Labute approximate surface area is 180 Å². The minimum Gasteiger partial charge on any atom is -0.444 e. The van der Waals surface area contributed by atoms with Crippen molar-refractivity contribution in [3.05, 3.63) is 70.8 Å². The molecule has 0 aliphatic carbocycles. The number of benzene rings is 2. The third kappa shape index (κ3) is 4.91. The van der Waals surface area contributed by atoms with E-state index in [9.17, 15) is 19.2 Å². The maximum atomic E-state index is 12.8. The van der Waals surface area contributed by atoms with Gasteiger partial charge >= 0.3 is 12.1 Å². The number of likely N-dealkylation sites (N-methyl/N-ethyl adjacent to an activating group) is 1. The Morgan fingerprint density at radius 1 is 0.935 bits per heavy atom. The van der Waals surface area contributed by atoms with E-state index in [1.807, 2.05) is 0 Å². The summed E-state index contributed by atoms with van der Waals surface area (Å²) < 4.78 is 5.32. The average Bonchev–Trinajstić information content (AvgIpc) is 2.96. The fourth-order valence-electron chi connectivity index (χ4n) is 3.04. The Balaban J connectivity index is 1.69. The summed E-state index contributed by atoms with van der Waals surface area (Å²) in [5.74, 6) is -2.20. The third-order valence-corrected chi connectivity index (χ3v) is 4.59. The lowest BCUT2D eigenvalue weighted by molar-refractivity contribution is -0.0585. The van der Waals surface area contributed by atoms with Crippen molar-refractivity contribution >= 4 is 23.9 Å². The monoisotopic (exact) mass is 424 g/mol. The van der Waals surface area contributed by atoms with Gasteiger partial charge in [0.25, 0.3) is 11.8 Å². The van der Waals surface area contributed by atoms with Gasteiger partial charge in [0.2, 0.25) is 0 Å². The van der Waals surface area contributed by atoms with Gasteiger partial charge in [0.1, 0.15) is 5.60 Å². The van der Waals surface area contributed by atoms with Gasteiger partial charge in [0, 0.05) is 13.6 Å². The number of nitrogens with zero attached hydrogens (tertiary/aromatic N) is 2. The van der Waals surface area contributed by atoms with Gasteiger partial charge in [-0.1, -0.05) is 35.4 Å². The van der Waals surface area contributed by atoms with Crippen LogP contribution in [0.1, 0.15) is 57.4 Å². The van der Waals surface area contributed by atoms with Gasteiger partial charge in [-0.3, -0.25) is 9.59 Å². The molecule has 0 fully saturated rings. The fourth-order valence-corrected chi connectivity index (χ4v) is 3.04. The highest BCUT2D eigenvalue weighted by molar-refractivity contribution is 6.21. The zero-order valence-electron chi connectivity index (χ0n) is 17.9. The van der Waals surface area contributed by atoms with Crippen molar-refractivity contribution < 1.29 is 28.8 Å². The van der Waals surface area contributed by atoms with Crippen molar-refractivity contribution in [3.8, 4) is 0 Å². The molecular weight excluding hydrogens is 400 g/mol. The first kappa shape index (κ1) is 22.0. The first-order valence-electron chi connectivity index (χ1n) is 9.80. The van der Waals surface area contributed by atoms with Gasteiger partial charge < -0.3 is 14.5 Å². The number of hydrogen-bond donors (Lipinski definition) is 0. The summed E-state index contributed by atoms with van der Waals surface area (Å²) in [6.45, 7) is 5.64. The predicted octanol–water partition coefficient (Wildman–Crippen LogP) is 3.46. The smallest absolute Gasteiger partial charge is 0.410 e. The molecule has 0 radical (unpaired) electrons. The first-order valence-corrected chi connectivity index (χ1v) is 9.80. The average molecular weight is 424 g/mol. The largest absolute Gasteiger partial charge is 0.444 e. The van der Waals surface area contributed by atoms with Gasteiger partial charge in [-0.25, -0.2) is 9.59 Å². The molecule has 2 aromatic rings. The summed E-state index contributed by atoms with van der Waals surface area (Å²) in [5.41, 5.74) is 0.579. The SMILES string of the molecule is CN(CCc1ccccc1C(=O)ON1C(=O)c2ccccc2C1=O)C(=O)OC(C)(C)C. The van der Waals surface area contributed by atoms with Gasteiger partial charge in [0.15, 0.2) is 0 Å². The summed E-state index contributed by atoms with van der Waals surface area (Å²) >= 11 is 0. The van der Waals surface area contributed by atoms with E-state index in [0.717, 1.165) is 0 Å². The Morgan fingerprint density at radius 2 is 1.48 bits per heavy atom. The first-order chi connectivity index (χ1) is 14.6. The van der Waals surface area contributed by atoms with Crippen LogP contribution in [-0.4, -0.2) is 53.0 Å². The van der Waals surface area contributed by atoms with Crippen LogP contribution in [0.25, 0.3) is 0 Å². The molecule has 8 nitrogen and oxygen atoms in total. The third-order valence-electron chi connectivity index (χ3n) is 4.59. The lowest BCUT2D eigenvalue weighted by Gasteiger charge is -2.24. The number of hydrogen-bond acceptors (Lipinski definition) is 6. The van der Waals surface area contributed by atoms with E-state index >= 15 is 0 Å². The second kappa shape index (κ2) is 8.59. The van der Waals surface area contributed by atoms with Crippen molar-refractivity contribution in [2.24, 2.45) is 0 Å². The van der Waals surface area contributed by atoms with E-state index in [-0.39, 0.29) is 16.7 Å². The summed E-state index contributed by atoms with van der Waals surface area (Å²) in [4.78, 5) is 56.3. The molecule has 0 bridgehead atoms. The molecule has 31 heavy (non-hydrogen) atoms. The van der Waals surface area contributed by atoms with Crippen LogP contribution in [0.5, 0.6) is 0 Å². The number of ether oxygens (including phenoxy) is 1. The molecule has 0 atom stereocenters. The lowest BCUT2D eigenvalue weighted by Crippen LogP contribution is -2.35. The summed E-state index contributed by atoms with van der Waals surface area (Å²) in [6, 6.07) is 12.9. The van der Waals surface area contributed by atoms with E-state index < -0.39 is 29.5 Å². The molecule has 0 unspecified atom stereocenters. The van der Waals surface area contributed by atoms with Gasteiger partial charge in [-0.2, -0.15) is 0 Å². The van der Waals surface area contributed by atoms with Crippen LogP contribution in [0.15, 0.2) is 48.5 Å². The maximum Gasteiger partial charge on any atom is 0.410 e. The predicted molar refractivity (Wildman–Crippen MR) is 111 cm³/mol. The number of carbonyl (C=O) groups excluding carboxylic acids is 4. The highest BCUT2D eigenvalue weighted by Gasteiger charge is 2.39. The minimum atomic E-state index is -0.829. The quantitative estimate of drug-likeness (QED) is 0.683. The van der Waals surface area contributed by atoms with E-state index in [2.05, 4.69) is 0 Å². The molecule has 3 amide bonds. The molecule has 0 N–H and O–H groups in total. The van der Waals surface area contributed by atoms with Gasteiger partial charge in [-0.05, 0) is 51.0 Å². The van der Waals surface area contributed by atoms with Crippen LogP contribution in [0.2, 0.25) is 0 Å². The Morgan fingerprint density at radius 3 is 2.06 bits per heavy atom. The molecular formula is C23H24N2O6. The molecule has 3 rings (SSSR count). The molecule has 0 aromatic heterocycles. The molecule has 162 valence electrons. The van der Waals surface area contributed by atoms with Crippen molar-refractivity contribution in [2.45, 2.75) is 32.8 Å². The van der Waals surface area contributed by atoms with Crippen LogP contribution >= 0.6 is 0 Å². The zero-order chi connectivity index (χ0) is 22.8. The molecule has 2 aromatic carbocycles. The maximum absolute atomic E-state index is 12.8. The van der Waals surface area contributed by atoms with Crippen LogP contribution in [0, 0.1) is 0 Å². The van der Waals surface area contributed by atoms with E-state index in [0.29, 0.717) is 23.6 Å². The fraction of sp³-hybridized carbons (Fsp3) is 0.304. The molecule has 1 heterocycles. The second-order valence-corrected chi connectivity index (χ2v) is 8.14. The van der Waals surface area contributed by atoms with Crippen LogP contribution in [0.3, 0.4) is 0 Å². The highest BCUT2D eigenvalue weighted by Crippen LogP contribution is 2.24. The van der Waals surface area contributed by atoms with Crippen LogP contribution in [0.4, 0.5) is 4.79 Å². The molecule has 8 heteroatoms. The molecule has 1 aliphatic heterocycles. The highest BCUT2D eigenvalue weighted by atomic mass is 16.7. The van der Waals surface area contributed by atoms with E-state index in [1.165, 1.54) is 17.0 Å². The lowest BCUT2D eigenvalue weighted by atomic mass is 10.0. The molecule has 0 spiro atoms. The molecule has 1 aliphatic rings. The number of hydroxylamine groups is 2. The number of amides is 3. The van der Waals surface area contributed by atoms with Crippen LogP contribution < -0.4 is 0 Å². The Bertz CT molecular complexity index is 1010. The van der Waals surface area contributed by atoms with Crippen molar-refractivity contribution in [1.82, 2.24) is 9.96 Å². The molecule has 0 saturated carbocycles. The number of carbonyl (C=O) groups is 4. The van der Waals surface area contributed by atoms with Crippen molar-refractivity contribution in [2.75, 3.05) is 13.6 Å². The van der Waals surface area contributed by atoms with Crippen molar-refractivity contribution in [1.29, 1.82) is 0 Å². The summed E-state index contributed by atoms with van der Waals surface area (Å²) in [7, 11) is 1.60. The Hall–Kier alpha value is -3.68. The van der Waals surface area contributed by atoms with Crippen molar-refractivity contribution in [3.63, 3.8) is 0 Å². The zero-order valence-corrected chi connectivity index (χ0v) is 17.9. The second-order valence-electron chi connectivity index (χ2n) is 8.14. The van der Waals surface area contributed by atoms with Crippen LogP contribution in [-0.2, 0) is 16.0 Å².